The molecule has 2 bridgehead atoms. The van der Waals surface area contributed by atoms with Gasteiger partial charge < -0.3 is 10.1 Å². The first-order chi connectivity index (χ1) is 17.2. The van der Waals surface area contributed by atoms with E-state index in [1.807, 2.05) is 18.2 Å². The molecule has 0 spiro atoms. The summed E-state index contributed by atoms with van der Waals surface area (Å²) in [4.78, 5) is 18.1. The molecule has 1 aliphatic carbocycles. The Hall–Kier alpha value is -2.63. The van der Waals surface area contributed by atoms with E-state index in [1.165, 1.54) is 43.2 Å². The molecule has 3 aliphatic rings. The number of nitrogens with zero attached hydrogens (tertiary/aromatic N) is 2. The van der Waals surface area contributed by atoms with Crippen LogP contribution in [-0.2, 0) is 0 Å². The van der Waals surface area contributed by atoms with Gasteiger partial charge in [-0.05, 0) is 67.5 Å². The molecule has 2 saturated heterocycles. The quantitative estimate of drug-likeness (QED) is 0.537. The van der Waals surface area contributed by atoms with Crippen LogP contribution in [0.15, 0.2) is 61.2 Å². The summed E-state index contributed by atoms with van der Waals surface area (Å²) in [6.07, 6.45) is 10.4. The fourth-order valence-corrected chi connectivity index (χ4v) is 6.46. The van der Waals surface area contributed by atoms with Crippen LogP contribution in [0.5, 0.6) is 5.75 Å². The summed E-state index contributed by atoms with van der Waals surface area (Å²) in [7, 11) is 1.73. The molecule has 5 nitrogen and oxygen atoms in total. The van der Waals surface area contributed by atoms with E-state index in [0.29, 0.717) is 18.1 Å². The van der Waals surface area contributed by atoms with Crippen molar-refractivity contribution < 1.29 is 9.53 Å². The average Bonchev–Trinajstić information content (AvgIpc) is 3.48. The van der Waals surface area contributed by atoms with Crippen molar-refractivity contribution in [2.45, 2.75) is 69.1 Å². The maximum Gasteiger partial charge on any atom is 0.251 e. The van der Waals surface area contributed by atoms with Crippen molar-refractivity contribution in [1.82, 2.24) is 15.1 Å². The average molecular weight is 474 g/mol. The smallest absolute Gasteiger partial charge is 0.251 e. The van der Waals surface area contributed by atoms with Gasteiger partial charge in [-0.15, -0.1) is 6.58 Å². The molecule has 2 heterocycles. The van der Waals surface area contributed by atoms with Gasteiger partial charge in [0, 0.05) is 43.3 Å². The highest BCUT2D eigenvalue weighted by Crippen LogP contribution is 2.37. The number of hydrogen-bond donors (Lipinski definition) is 1. The minimum Gasteiger partial charge on any atom is -0.497 e. The summed E-state index contributed by atoms with van der Waals surface area (Å²) in [5, 5.41) is 3.22. The Morgan fingerprint density at radius 1 is 1.06 bits per heavy atom. The van der Waals surface area contributed by atoms with Gasteiger partial charge in [0.15, 0.2) is 0 Å². The van der Waals surface area contributed by atoms with E-state index in [0.717, 1.165) is 43.8 Å². The van der Waals surface area contributed by atoms with Gasteiger partial charge in [0.1, 0.15) is 5.75 Å². The van der Waals surface area contributed by atoms with E-state index in [2.05, 4.69) is 58.1 Å². The number of carbonyl (C=O) groups excluding carboxylic acids is 1. The molecule has 3 fully saturated rings. The molecule has 1 N–H and O–H groups in total. The van der Waals surface area contributed by atoms with Gasteiger partial charge in [-0.25, -0.2) is 0 Å². The normalized spacial score (nSPS) is 24.1. The second kappa shape index (κ2) is 11.0. The Balaban J connectivity index is 1.42. The first kappa shape index (κ1) is 24.1. The summed E-state index contributed by atoms with van der Waals surface area (Å²) in [5.41, 5.74) is 3.21. The van der Waals surface area contributed by atoms with Gasteiger partial charge in [0.25, 0.3) is 5.91 Å². The van der Waals surface area contributed by atoms with E-state index >= 15 is 0 Å². The van der Waals surface area contributed by atoms with Crippen molar-refractivity contribution in [3.8, 4) is 5.75 Å². The van der Waals surface area contributed by atoms with Crippen molar-refractivity contribution in [2.24, 2.45) is 0 Å². The third kappa shape index (κ3) is 5.31. The highest BCUT2D eigenvalue weighted by Gasteiger charge is 2.38. The van der Waals surface area contributed by atoms with Crippen LogP contribution in [0.25, 0.3) is 0 Å². The van der Waals surface area contributed by atoms with Gasteiger partial charge in [0.2, 0.25) is 0 Å². The zero-order valence-corrected chi connectivity index (χ0v) is 21.0. The number of ether oxygens (including phenoxy) is 1. The molecular formula is C30H39N3O2. The molecule has 1 saturated carbocycles. The van der Waals surface area contributed by atoms with Crippen LogP contribution in [0.2, 0.25) is 0 Å². The van der Waals surface area contributed by atoms with Crippen LogP contribution < -0.4 is 10.1 Å². The number of rotatable bonds is 8. The summed E-state index contributed by atoms with van der Waals surface area (Å²) < 4.78 is 5.57. The molecule has 0 aromatic heterocycles. The lowest BCUT2D eigenvalue weighted by Gasteiger charge is -2.34. The first-order valence-corrected chi connectivity index (χ1v) is 13.3. The van der Waals surface area contributed by atoms with Crippen LogP contribution in [-0.4, -0.2) is 60.6 Å². The van der Waals surface area contributed by atoms with E-state index in [-0.39, 0.29) is 11.9 Å². The molecule has 2 aromatic carbocycles. The van der Waals surface area contributed by atoms with Crippen molar-refractivity contribution >= 4 is 5.91 Å². The minimum absolute atomic E-state index is 0.0496. The number of methoxy groups -OCH3 is 1. The Labute approximate surface area is 210 Å². The molecule has 186 valence electrons. The minimum atomic E-state index is 0.0496. The molecule has 0 radical (unpaired) electrons. The fraction of sp³-hybridized carbons (Fsp3) is 0.500. The number of fused-ring (bicyclic) bond motifs is 2. The monoisotopic (exact) mass is 473 g/mol. The summed E-state index contributed by atoms with van der Waals surface area (Å²) in [5.74, 6) is 0.929. The number of carbonyl (C=O) groups is 1. The van der Waals surface area contributed by atoms with Gasteiger partial charge >= 0.3 is 0 Å². The zero-order valence-electron chi connectivity index (χ0n) is 21.0. The lowest BCUT2D eigenvalue weighted by atomic mass is 9.94. The number of nitrogens with one attached hydrogen (secondary N) is 1. The van der Waals surface area contributed by atoms with Crippen LogP contribution in [0, 0.1) is 0 Å². The van der Waals surface area contributed by atoms with Crippen molar-refractivity contribution in [3.05, 3.63) is 77.9 Å². The van der Waals surface area contributed by atoms with E-state index in [1.54, 1.807) is 7.11 Å². The van der Waals surface area contributed by atoms with E-state index in [9.17, 15) is 4.79 Å². The van der Waals surface area contributed by atoms with Crippen LogP contribution in [0.4, 0.5) is 0 Å². The SMILES string of the molecule is C=CCN1C2CCC1CN(C(c1ccc(C(=O)NC3CCCC3)cc1)c1cccc(OC)c1)CC2. The Morgan fingerprint density at radius 2 is 1.83 bits per heavy atom. The summed E-state index contributed by atoms with van der Waals surface area (Å²) in [6, 6.07) is 18.4. The Morgan fingerprint density at radius 3 is 2.57 bits per heavy atom. The predicted molar refractivity (Wildman–Crippen MR) is 141 cm³/mol. The maximum atomic E-state index is 12.8. The van der Waals surface area contributed by atoms with E-state index in [4.69, 9.17) is 4.74 Å². The Bertz CT molecular complexity index is 1010. The van der Waals surface area contributed by atoms with Gasteiger partial charge in [-0.1, -0.05) is 43.2 Å². The lowest BCUT2D eigenvalue weighted by Crippen LogP contribution is -2.40. The number of likely N-dealkylation sites (tertiary alicyclic amines) is 1. The number of amides is 1. The topological polar surface area (TPSA) is 44.8 Å². The third-order valence-electron chi connectivity index (χ3n) is 8.26. The molecule has 1 amide bonds. The van der Waals surface area contributed by atoms with Crippen molar-refractivity contribution in [3.63, 3.8) is 0 Å². The first-order valence-electron chi connectivity index (χ1n) is 13.3. The lowest BCUT2D eigenvalue weighted by molar-refractivity contribution is 0.0938. The van der Waals surface area contributed by atoms with Gasteiger partial charge in [0.05, 0.1) is 13.2 Å². The molecule has 2 aliphatic heterocycles. The van der Waals surface area contributed by atoms with Crippen molar-refractivity contribution in [1.29, 1.82) is 0 Å². The van der Waals surface area contributed by atoms with Crippen molar-refractivity contribution in [2.75, 3.05) is 26.7 Å². The maximum absolute atomic E-state index is 12.8. The molecule has 5 rings (SSSR count). The van der Waals surface area contributed by atoms with Gasteiger partial charge in [-0.2, -0.15) is 0 Å². The van der Waals surface area contributed by atoms with Crippen LogP contribution >= 0.6 is 0 Å². The second-order valence-electron chi connectivity index (χ2n) is 10.4. The van der Waals surface area contributed by atoms with E-state index < -0.39 is 0 Å². The molecule has 35 heavy (non-hydrogen) atoms. The molecule has 3 atom stereocenters. The van der Waals surface area contributed by atoms with Gasteiger partial charge in [-0.3, -0.25) is 14.6 Å². The number of hydrogen-bond acceptors (Lipinski definition) is 4. The predicted octanol–water partition coefficient (Wildman–Crippen LogP) is 5.18. The van der Waals surface area contributed by atoms with Crippen LogP contribution in [0.1, 0.15) is 72.5 Å². The molecule has 5 heteroatoms. The van der Waals surface area contributed by atoms with Crippen LogP contribution in [0.3, 0.4) is 0 Å². The largest absolute Gasteiger partial charge is 0.497 e. The molecule has 2 aromatic rings. The third-order valence-corrected chi connectivity index (χ3v) is 8.26. The highest BCUT2D eigenvalue weighted by molar-refractivity contribution is 5.94. The standard InChI is InChI=1S/C30H39N3O2/c1-3-18-33-26-15-16-27(33)21-32(19-17-26)29(24-7-6-10-28(20-24)35-2)22-11-13-23(14-12-22)30(34)31-25-8-4-5-9-25/h3,6-7,10-14,20,25-27,29H,1,4-5,8-9,15-19,21H2,2H3,(H,31,34). The highest BCUT2D eigenvalue weighted by atomic mass is 16.5. The second-order valence-corrected chi connectivity index (χ2v) is 10.4. The summed E-state index contributed by atoms with van der Waals surface area (Å²) in [6.45, 7) is 7.07. The zero-order chi connectivity index (χ0) is 24.2. The number of benzene rings is 2. The Kier molecular flexibility index (Phi) is 7.54. The fourth-order valence-electron chi connectivity index (χ4n) is 6.46. The molecular weight excluding hydrogens is 434 g/mol. The molecule has 3 unspecified atom stereocenters. The summed E-state index contributed by atoms with van der Waals surface area (Å²) >= 11 is 0.